The average Bonchev–Trinajstić information content (AvgIpc) is 3.03. The molecule has 0 aliphatic carbocycles. The molecule has 0 saturated carbocycles. The maximum absolute atomic E-state index is 11.3. The van der Waals surface area contributed by atoms with Crippen LogP contribution in [0.25, 0.3) is 11.2 Å². The Hall–Kier alpha value is -3.07. The Morgan fingerprint density at radius 1 is 1.36 bits per heavy atom. The summed E-state index contributed by atoms with van der Waals surface area (Å²) in [6, 6.07) is 3.42. The maximum Gasteiger partial charge on any atom is 0.254 e. The van der Waals surface area contributed by atoms with Gasteiger partial charge >= 0.3 is 0 Å². The number of fused-ring (bicyclic) bond motifs is 1. The zero-order valence-corrected chi connectivity index (χ0v) is 13.6. The van der Waals surface area contributed by atoms with Crippen LogP contribution in [0.3, 0.4) is 0 Å². The first-order chi connectivity index (χ1) is 12.1. The fraction of sp³-hybridized carbons (Fsp3) is 0.312. The zero-order chi connectivity index (χ0) is 17.8. The van der Waals surface area contributed by atoms with E-state index in [9.17, 15) is 9.90 Å². The quantitative estimate of drug-likeness (QED) is 0.495. The van der Waals surface area contributed by atoms with Gasteiger partial charge in [0.25, 0.3) is 5.91 Å². The van der Waals surface area contributed by atoms with E-state index in [4.69, 9.17) is 11.5 Å². The number of primary amides is 1. The van der Waals surface area contributed by atoms with Crippen LogP contribution in [0.2, 0.25) is 0 Å². The second-order valence-corrected chi connectivity index (χ2v) is 5.86. The summed E-state index contributed by atoms with van der Waals surface area (Å²) in [5.74, 6) is -0.122. The third-order valence-electron chi connectivity index (χ3n) is 4.08. The first kappa shape index (κ1) is 16.8. The highest BCUT2D eigenvalue weighted by molar-refractivity contribution is 5.92. The number of rotatable bonds is 7. The lowest BCUT2D eigenvalue weighted by Crippen LogP contribution is -2.39. The van der Waals surface area contributed by atoms with Crippen molar-refractivity contribution >= 4 is 22.9 Å². The first-order valence-electron chi connectivity index (χ1n) is 7.89. The summed E-state index contributed by atoms with van der Waals surface area (Å²) < 4.78 is 3.74. The molecule has 3 aromatic rings. The number of hydrogen-bond donors (Lipinski definition) is 3. The Morgan fingerprint density at radius 2 is 2.20 bits per heavy atom. The van der Waals surface area contributed by atoms with Crippen LogP contribution in [0.5, 0.6) is 0 Å². The van der Waals surface area contributed by atoms with Gasteiger partial charge in [-0.25, -0.2) is 19.5 Å². The molecular weight excluding hydrogens is 322 g/mol. The molecule has 1 unspecified atom stereocenters. The van der Waals surface area contributed by atoms with E-state index < -0.39 is 5.91 Å². The lowest BCUT2D eigenvalue weighted by Gasteiger charge is -2.12. The highest BCUT2D eigenvalue weighted by Gasteiger charge is 2.16. The van der Waals surface area contributed by atoms with E-state index in [1.807, 2.05) is 15.3 Å². The second kappa shape index (κ2) is 7.22. The molecule has 0 spiro atoms. The molecule has 0 aromatic carbocycles. The van der Waals surface area contributed by atoms with Crippen molar-refractivity contribution in [3.8, 4) is 0 Å². The Kier molecular flexibility index (Phi) is 4.85. The molecule has 1 amide bonds. The molecular formula is C16H20N7O2+. The third kappa shape index (κ3) is 3.72. The predicted octanol–water partition coefficient (Wildman–Crippen LogP) is -0.506. The number of carbonyl (C=O) groups excluding carboxylic acids is 1. The number of nitrogens with zero attached hydrogens (tertiary/aromatic N) is 5. The molecule has 130 valence electrons. The molecule has 5 N–H and O–H groups in total. The predicted molar refractivity (Wildman–Crippen MR) is 90.1 cm³/mol. The van der Waals surface area contributed by atoms with Crippen molar-refractivity contribution in [2.24, 2.45) is 11.7 Å². The molecule has 0 saturated heterocycles. The van der Waals surface area contributed by atoms with E-state index >= 15 is 0 Å². The van der Waals surface area contributed by atoms with E-state index in [1.165, 1.54) is 6.33 Å². The molecule has 3 heterocycles. The summed E-state index contributed by atoms with van der Waals surface area (Å²) in [5.41, 5.74) is 12.8. The molecule has 3 aromatic heterocycles. The van der Waals surface area contributed by atoms with Gasteiger partial charge in [-0.1, -0.05) is 0 Å². The molecule has 0 fully saturated rings. The van der Waals surface area contributed by atoms with Crippen LogP contribution in [-0.2, 0) is 13.1 Å². The SMILES string of the molecule is NC(=O)c1ccc[n+](CC(CO)CCn2cnc3c(N)ncnc32)c1. The van der Waals surface area contributed by atoms with Gasteiger partial charge in [0.05, 0.1) is 12.9 Å². The standard InChI is InChI=1S/C16H19N7O2/c17-14-13-16(20-9-19-14)23(10-21-13)5-3-11(8-24)6-22-4-1-2-12(7-22)15(18)25/h1-2,4,7,9-11,24H,3,5-6,8H2,(H3-,17,18,19,20,25)/p+1. The molecule has 0 bridgehead atoms. The fourth-order valence-corrected chi connectivity index (χ4v) is 2.70. The van der Waals surface area contributed by atoms with Crippen LogP contribution < -0.4 is 16.0 Å². The van der Waals surface area contributed by atoms with Gasteiger partial charge in [-0.15, -0.1) is 0 Å². The normalized spacial score (nSPS) is 12.4. The minimum Gasteiger partial charge on any atom is -0.396 e. The van der Waals surface area contributed by atoms with Crippen molar-refractivity contribution in [2.75, 3.05) is 12.3 Å². The van der Waals surface area contributed by atoms with Gasteiger partial charge in [0.15, 0.2) is 30.4 Å². The number of aromatic nitrogens is 5. The van der Waals surface area contributed by atoms with E-state index in [0.29, 0.717) is 42.1 Å². The highest BCUT2D eigenvalue weighted by atomic mass is 16.3. The Morgan fingerprint density at radius 3 is 2.96 bits per heavy atom. The van der Waals surface area contributed by atoms with Crippen LogP contribution >= 0.6 is 0 Å². The number of pyridine rings is 1. The van der Waals surface area contributed by atoms with E-state index in [-0.39, 0.29) is 12.5 Å². The Labute approximate surface area is 144 Å². The Balaban J connectivity index is 1.69. The number of nitrogen functional groups attached to an aromatic ring is 1. The molecule has 1 atom stereocenters. The van der Waals surface area contributed by atoms with Crippen LogP contribution in [0.4, 0.5) is 5.82 Å². The molecule has 9 heteroatoms. The highest BCUT2D eigenvalue weighted by Crippen LogP contribution is 2.15. The van der Waals surface area contributed by atoms with Gasteiger partial charge in [0.2, 0.25) is 0 Å². The van der Waals surface area contributed by atoms with Crippen LogP contribution in [0.15, 0.2) is 37.2 Å². The summed E-state index contributed by atoms with van der Waals surface area (Å²) in [6.45, 7) is 1.23. The van der Waals surface area contributed by atoms with Crippen LogP contribution in [0, 0.1) is 5.92 Å². The van der Waals surface area contributed by atoms with Crippen molar-refractivity contribution in [1.29, 1.82) is 0 Å². The number of aliphatic hydroxyl groups is 1. The van der Waals surface area contributed by atoms with Crippen molar-refractivity contribution < 1.29 is 14.5 Å². The number of nitrogens with two attached hydrogens (primary N) is 2. The number of amides is 1. The number of imidazole rings is 1. The van der Waals surface area contributed by atoms with Gasteiger partial charge in [0.1, 0.15) is 17.4 Å². The summed E-state index contributed by atoms with van der Waals surface area (Å²) in [7, 11) is 0. The van der Waals surface area contributed by atoms with E-state index in [0.717, 1.165) is 0 Å². The topological polar surface area (TPSA) is 137 Å². The second-order valence-electron chi connectivity index (χ2n) is 5.86. The van der Waals surface area contributed by atoms with Gasteiger partial charge in [-0.3, -0.25) is 4.79 Å². The molecule has 3 rings (SSSR count). The Bertz CT molecular complexity index is 893. The summed E-state index contributed by atoms with van der Waals surface area (Å²) in [5, 5.41) is 9.68. The summed E-state index contributed by atoms with van der Waals surface area (Å²) >= 11 is 0. The molecule has 25 heavy (non-hydrogen) atoms. The molecule has 0 aliphatic heterocycles. The van der Waals surface area contributed by atoms with Gasteiger partial charge < -0.3 is 21.1 Å². The number of carbonyl (C=O) groups is 1. The maximum atomic E-state index is 11.3. The molecule has 0 aliphatic rings. The van der Waals surface area contributed by atoms with Crippen molar-refractivity contribution in [3.63, 3.8) is 0 Å². The zero-order valence-electron chi connectivity index (χ0n) is 13.6. The van der Waals surface area contributed by atoms with Gasteiger partial charge in [0, 0.05) is 18.5 Å². The van der Waals surface area contributed by atoms with Crippen LogP contribution in [0.1, 0.15) is 16.8 Å². The van der Waals surface area contributed by atoms with E-state index in [1.54, 1.807) is 24.7 Å². The fourth-order valence-electron chi connectivity index (χ4n) is 2.70. The largest absolute Gasteiger partial charge is 0.396 e. The number of hydrogen-bond acceptors (Lipinski definition) is 6. The number of aliphatic hydroxyl groups excluding tert-OH is 1. The average molecular weight is 342 g/mol. The number of aryl methyl sites for hydroxylation is 1. The number of anilines is 1. The monoisotopic (exact) mass is 342 g/mol. The van der Waals surface area contributed by atoms with Crippen LogP contribution in [-0.4, -0.2) is 37.1 Å². The van der Waals surface area contributed by atoms with E-state index in [2.05, 4.69) is 15.0 Å². The van der Waals surface area contributed by atoms with Gasteiger partial charge in [-0.05, 0) is 12.5 Å². The third-order valence-corrected chi connectivity index (χ3v) is 4.08. The summed E-state index contributed by atoms with van der Waals surface area (Å²) in [6.07, 6.45) is 7.32. The van der Waals surface area contributed by atoms with Crippen molar-refractivity contribution in [2.45, 2.75) is 19.5 Å². The lowest BCUT2D eigenvalue weighted by molar-refractivity contribution is -0.703. The molecule has 0 radical (unpaired) electrons. The summed E-state index contributed by atoms with van der Waals surface area (Å²) in [4.78, 5) is 23.6. The molecule has 9 nitrogen and oxygen atoms in total. The minimum absolute atomic E-state index is 0.00441. The first-order valence-corrected chi connectivity index (χ1v) is 7.89. The van der Waals surface area contributed by atoms with Crippen molar-refractivity contribution in [1.82, 2.24) is 19.5 Å². The van der Waals surface area contributed by atoms with Crippen molar-refractivity contribution in [3.05, 3.63) is 42.7 Å². The lowest BCUT2D eigenvalue weighted by atomic mass is 10.1. The minimum atomic E-state index is -0.475. The smallest absolute Gasteiger partial charge is 0.254 e. The van der Waals surface area contributed by atoms with Gasteiger partial charge in [-0.2, -0.15) is 0 Å².